The summed E-state index contributed by atoms with van der Waals surface area (Å²) in [5.74, 6) is -1.57. The number of ether oxygens (including phenoxy) is 1. The monoisotopic (exact) mass is 428 g/mol. The van der Waals surface area contributed by atoms with Gasteiger partial charge in [-0.25, -0.2) is 0 Å². The molecule has 7 heteroatoms. The summed E-state index contributed by atoms with van der Waals surface area (Å²) in [7, 11) is -0.0562. The van der Waals surface area contributed by atoms with E-state index in [9.17, 15) is 24.0 Å². The lowest BCUT2D eigenvalue weighted by Gasteiger charge is -2.22. The summed E-state index contributed by atoms with van der Waals surface area (Å²) >= 11 is 0. The van der Waals surface area contributed by atoms with Gasteiger partial charge in [0.25, 0.3) is 0 Å². The zero-order chi connectivity index (χ0) is 21.8. The first kappa shape index (κ1) is 25.7. The Kier molecular flexibility index (Phi) is 12.3. The van der Waals surface area contributed by atoms with Gasteiger partial charge in [0.15, 0.2) is 5.78 Å². The Hall–Kier alpha value is -1.31. The van der Waals surface area contributed by atoms with E-state index in [2.05, 4.69) is 11.7 Å². The molecule has 0 aromatic rings. The standard InChI is InChI=1S/C22H36O6S/c1-4-5-7-10-17(23)14-13-16-15-19(29(3)27)22(26)21(16)18(24)11-8-6-9-12-20(25)28-2/h13-18,21,23-24H,4-12H2,1-3H3. The van der Waals surface area contributed by atoms with E-state index >= 15 is 0 Å². The summed E-state index contributed by atoms with van der Waals surface area (Å²) in [4.78, 5) is 24.1. The molecule has 0 heterocycles. The molecule has 0 saturated carbocycles. The maximum absolute atomic E-state index is 12.7. The van der Waals surface area contributed by atoms with Gasteiger partial charge in [0.2, 0.25) is 0 Å². The Morgan fingerprint density at radius 3 is 2.52 bits per heavy atom. The minimum atomic E-state index is -1.41. The van der Waals surface area contributed by atoms with Gasteiger partial charge >= 0.3 is 5.97 Å². The molecule has 2 N–H and O–H groups in total. The van der Waals surface area contributed by atoms with Crippen LogP contribution in [-0.4, -0.2) is 51.7 Å². The minimum absolute atomic E-state index is 0.245. The van der Waals surface area contributed by atoms with Crippen LogP contribution in [-0.2, 0) is 25.1 Å². The number of aliphatic hydroxyl groups excluding tert-OH is 2. The van der Waals surface area contributed by atoms with E-state index in [-0.39, 0.29) is 22.6 Å². The molecule has 0 bridgehead atoms. The summed E-state index contributed by atoms with van der Waals surface area (Å²) in [6, 6.07) is 0. The average Bonchev–Trinajstić information content (AvgIpc) is 3.02. The molecule has 5 atom stereocenters. The van der Waals surface area contributed by atoms with Crippen molar-refractivity contribution >= 4 is 22.6 Å². The fourth-order valence-electron chi connectivity index (χ4n) is 3.58. The molecule has 1 aliphatic carbocycles. The van der Waals surface area contributed by atoms with Crippen LogP contribution in [0.3, 0.4) is 0 Å². The van der Waals surface area contributed by atoms with Gasteiger partial charge in [-0.2, -0.15) is 0 Å². The number of carbonyl (C=O) groups excluding carboxylic acids is 2. The van der Waals surface area contributed by atoms with E-state index in [1.807, 2.05) is 0 Å². The number of esters is 1. The van der Waals surface area contributed by atoms with Crippen molar-refractivity contribution in [2.45, 2.75) is 76.9 Å². The third-order valence-electron chi connectivity index (χ3n) is 5.30. The first-order valence-electron chi connectivity index (χ1n) is 10.5. The predicted octanol–water partition coefficient (Wildman–Crippen LogP) is 3.05. The average molecular weight is 429 g/mol. The summed E-state index contributed by atoms with van der Waals surface area (Å²) in [5.41, 5.74) is 0. The molecular weight excluding hydrogens is 392 g/mol. The highest BCUT2D eigenvalue weighted by atomic mass is 32.2. The zero-order valence-corrected chi connectivity index (χ0v) is 18.7. The normalized spacial score (nSPS) is 22.5. The van der Waals surface area contributed by atoms with Crippen LogP contribution in [0.15, 0.2) is 23.1 Å². The number of carbonyl (C=O) groups is 2. The van der Waals surface area contributed by atoms with E-state index < -0.39 is 28.9 Å². The first-order valence-corrected chi connectivity index (χ1v) is 12.1. The molecule has 1 aliphatic rings. The Morgan fingerprint density at radius 2 is 1.90 bits per heavy atom. The van der Waals surface area contributed by atoms with Crippen molar-refractivity contribution in [1.29, 1.82) is 0 Å². The number of allylic oxidation sites excluding steroid dienone is 3. The van der Waals surface area contributed by atoms with Crippen LogP contribution < -0.4 is 0 Å². The molecule has 0 radical (unpaired) electrons. The summed E-state index contributed by atoms with van der Waals surface area (Å²) in [6.07, 6.45) is 11.7. The number of hydrogen-bond donors (Lipinski definition) is 2. The van der Waals surface area contributed by atoms with Gasteiger partial charge in [0, 0.05) is 18.6 Å². The van der Waals surface area contributed by atoms with Crippen molar-refractivity contribution in [2.24, 2.45) is 11.8 Å². The zero-order valence-electron chi connectivity index (χ0n) is 17.8. The van der Waals surface area contributed by atoms with Gasteiger partial charge in [-0.1, -0.05) is 57.3 Å². The van der Waals surface area contributed by atoms with Crippen molar-refractivity contribution in [3.63, 3.8) is 0 Å². The molecule has 0 saturated heterocycles. The Labute approximate surface area is 176 Å². The summed E-state index contributed by atoms with van der Waals surface area (Å²) in [6.45, 7) is 2.10. The molecular formula is C22H36O6S. The van der Waals surface area contributed by atoms with Crippen LogP contribution in [0.25, 0.3) is 0 Å². The highest BCUT2D eigenvalue weighted by molar-refractivity contribution is 7.89. The summed E-state index contributed by atoms with van der Waals surface area (Å²) < 4.78 is 16.5. The number of rotatable bonds is 14. The molecule has 5 unspecified atom stereocenters. The van der Waals surface area contributed by atoms with Crippen molar-refractivity contribution in [3.05, 3.63) is 23.1 Å². The van der Waals surface area contributed by atoms with Crippen LogP contribution in [0.4, 0.5) is 0 Å². The Morgan fingerprint density at radius 1 is 1.21 bits per heavy atom. The SMILES string of the molecule is CCCCCC(O)C=CC1C=C(S(C)=O)C(=O)C1C(O)CCCCCC(=O)OC. The van der Waals surface area contributed by atoms with E-state index in [0.717, 1.165) is 25.7 Å². The Bertz CT molecular complexity index is 612. The quantitative estimate of drug-likeness (QED) is 0.251. The predicted molar refractivity (Wildman–Crippen MR) is 115 cm³/mol. The van der Waals surface area contributed by atoms with E-state index in [1.54, 1.807) is 18.2 Å². The van der Waals surface area contributed by atoms with E-state index in [4.69, 9.17) is 0 Å². The fraction of sp³-hybridized carbons (Fsp3) is 0.727. The van der Waals surface area contributed by atoms with E-state index in [0.29, 0.717) is 32.1 Å². The lowest BCUT2D eigenvalue weighted by Crippen LogP contribution is -2.30. The minimum Gasteiger partial charge on any atom is -0.469 e. The molecule has 0 aromatic carbocycles. The van der Waals surface area contributed by atoms with Gasteiger partial charge in [0.05, 0.1) is 40.9 Å². The largest absolute Gasteiger partial charge is 0.469 e. The maximum Gasteiger partial charge on any atom is 0.305 e. The second kappa shape index (κ2) is 13.8. The second-order valence-electron chi connectivity index (χ2n) is 7.64. The van der Waals surface area contributed by atoms with Crippen molar-refractivity contribution < 1.29 is 28.7 Å². The molecule has 0 aliphatic heterocycles. The molecule has 0 amide bonds. The highest BCUT2D eigenvalue weighted by Crippen LogP contribution is 2.34. The molecule has 1 rings (SSSR count). The number of methoxy groups -OCH3 is 1. The lowest BCUT2D eigenvalue weighted by atomic mass is 9.86. The van der Waals surface area contributed by atoms with E-state index in [1.165, 1.54) is 13.4 Å². The van der Waals surface area contributed by atoms with Gasteiger partial charge in [0.1, 0.15) is 0 Å². The van der Waals surface area contributed by atoms with Gasteiger partial charge < -0.3 is 14.9 Å². The molecule has 0 aromatic heterocycles. The topological polar surface area (TPSA) is 101 Å². The van der Waals surface area contributed by atoms with Crippen LogP contribution in [0.2, 0.25) is 0 Å². The molecule has 0 fully saturated rings. The van der Waals surface area contributed by atoms with Crippen molar-refractivity contribution in [1.82, 2.24) is 0 Å². The summed E-state index contributed by atoms with van der Waals surface area (Å²) in [5, 5.41) is 20.8. The van der Waals surface area contributed by atoms with Crippen LogP contribution in [0.1, 0.15) is 64.7 Å². The molecule has 29 heavy (non-hydrogen) atoms. The third-order valence-corrected chi connectivity index (χ3v) is 6.25. The highest BCUT2D eigenvalue weighted by Gasteiger charge is 2.40. The number of aliphatic hydroxyl groups is 2. The van der Waals surface area contributed by atoms with Crippen LogP contribution in [0, 0.1) is 11.8 Å². The van der Waals surface area contributed by atoms with Gasteiger partial charge in [-0.3, -0.25) is 13.8 Å². The second-order valence-corrected chi connectivity index (χ2v) is 8.99. The lowest BCUT2D eigenvalue weighted by molar-refractivity contribution is -0.140. The van der Waals surface area contributed by atoms with Gasteiger partial charge in [-0.15, -0.1) is 0 Å². The molecule has 0 spiro atoms. The smallest absolute Gasteiger partial charge is 0.305 e. The van der Waals surface area contributed by atoms with Crippen molar-refractivity contribution in [3.8, 4) is 0 Å². The number of ketones is 1. The van der Waals surface area contributed by atoms with Crippen LogP contribution >= 0.6 is 0 Å². The molecule has 166 valence electrons. The first-order chi connectivity index (χ1) is 13.8. The van der Waals surface area contributed by atoms with Crippen LogP contribution in [0.5, 0.6) is 0 Å². The molecule has 6 nitrogen and oxygen atoms in total. The Balaban J connectivity index is 2.67. The third kappa shape index (κ3) is 8.93. The number of unbranched alkanes of at least 4 members (excludes halogenated alkanes) is 4. The fourth-order valence-corrected chi connectivity index (χ4v) is 4.35. The number of Topliss-reactive ketones (excluding diaryl/α,β-unsaturated/α-hetero) is 1. The van der Waals surface area contributed by atoms with Crippen molar-refractivity contribution in [2.75, 3.05) is 13.4 Å². The number of hydrogen-bond acceptors (Lipinski definition) is 6. The van der Waals surface area contributed by atoms with Gasteiger partial charge in [-0.05, 0) is 19.3 Å². The maximum atomic E-state index is 12.7.